The molecule has 21 heavy (non-hydrogen) atoms. The molecule has 1 aromatic heterocycles. The van der Waals surface area contributed by atoms with Crippen molar-refractivity contribution in [2.45, 2.75) is 0 Å². The summed E-state index contributed by atoms with van der Waals surface area (Å²) in [6.07, 6.45) is 0. The molecule has 0 unspecified atom stereocenters. The van der Waals surface area contributed by atoms with Crippen LogP contribution in [-0.4, -0.2) is 4.98 Å². The fourth-order valence-corrected chi connectivity index (χ4v) is 2.31. The van der Waals surface area contributed by atoms with Gasteiger partial charge in [0.15, 0.2) is 0 Å². The monoisotopic (exact) mass is 297 g/mol. The van der Waals surface area contributed by atoms with Crippen LogP contribution in [0.1, 0.15) is 0 Å². The zero-order valence-electron chi connectivity index (χ0n) is 11.4. The van der Waals surface area contributed by atoms with E-state index >= 15 is 0 Å². The van der Waals surface area contributed by atoms with E-state index in [4.69, 9.17) is 11.5 Å². The molecule has 0 spiro atoms. The van der Waals surface area contributed by atoms with Crippen molar-refractivity contribution in [3.8, 4) is 22.3 Å². The van der Waals surface area contributed by atoms with Crippen LogP contribution in [0.2, 0.25) is 0 Å². The first-order valence-corrected chi connectivity index (χ1v) is 6.42. The molecule has 0 saturated heterocycles. The van der Waals surface area contributed by atoms with Gasteiger partial charge in [-0.05, 0) is 28.8 Å². The van der Waals surface area contributed by atoms with Crippen LogP contribution in [0.25, 0.3) is 22.3 Å². The van der Waals surface area contributed by atoms with Gasteiger partial charge in [-0.3, -0.25) is 0 Å². The number of halogens is 1. The van der Waals surface area contributed by atoms with Gasteiger partial charge >= 0.3 is 0 Å². The Labute approximate surface area is 130 Å². The van der Waals surface area contributed by atoms with Gasteiger partial charge in [0, 0.05) is 5.56 Å². The van der Waals surface area contributed by atoms with Gasteiger partial charge in [-0.25, -0.2) is 4.98 Å². The van der Waals surface area contributed by atoms with Crippen molar-refractivity contribution in [1.29, 1.82) is 0 Å². The Hall–Kier alpha value is -2.52. The smallest absolute Gasteiger partial charge is 0.133 e. The number of benzene rings is 2. The van der Waals surface area contributed by atoms with Crippen LogP contribution in [0.4, 0.5) is 11.6 Å². The highest BCUT2D eigenvalue weighted by Gasteiger charge is 2.10. The minimum Gasteiger partial charge on any atom is -0.384 e. The summed E-state index contributed by atoms with van der Waals surface area (Å²) in [4.78, 5) is 4.14. The molecule has 0 aliphatic heterocycles. The van der Waals surface area contributed by atoms with Crippen LogP contribution >= 0.6 is 12.4 Å². The topological polar surface area (TPSA) is 64.9 Å². The summed E-state index contributed by atoms with van der Waals surface area (Å²) >= 11 is 0. The third kappa shape index (κ3) is 2.98. The summed E-state index contributed by atoms with van der Waals surface area (Å²) in [5, 5.41) is 0. The second kappa shape index (κ2) is 6.29. The van der Waals surface area contributed by atoms with Crippen molar-refractivity contribution in [3.63, 3.8) is 0 Å². The van der Waals surface area contributed by atoms with Crippen LogP contribution in [0.5, 0.6) is 0 Å². The fourth-order valence-electron chi connectivity index (χ4n) is 2.31. The fraction of sp³-hybridized carbons (Fsp3) is 0. The molecular weight excluding hydrogens is 282 g/mol. The van der Waals surface area contributed by atoms with Gasteiger partial charge in [0.25, 0.3) is 0 Å². The van der Waals surface area contributed by atoms with Crippen LogP contribution in [0.15, 0.2) is 66.7 Å². The van der Waals surface area contributed by atoms with E-state index in [-0.39, 0.29) is 12.4 Å². The standard InChI is InChI=1S/C17H15N3.ClH/c18-16-11-10-15(17(19)20-16)14-9-5-4-8-13(14)12-6-2-1-3-7-12;/h1-11H,(H4,18,19,20);1H. The normalized spacial score (nSPS) is 9.90. The maximum Gasteiger partial charge on any atom is 0.133 e. The van der Waals surface area contributed by atoms with Crippen molar-refractivity contribution >= 4 is 24.0 Å². The Kier molecular flexibility index (Phi) is 4.45. The van der Waals surface area contributed by atoms with Crippen LogP contribution in [0.3, 0.4) is 0 Å². The average molecular weight is 298 g/mol. The minimum atomic E-state index is 0. The summed E-state index contributed by atoms with van der Waals surface area (Å²) < 4.78 is 0. The molecule has 0 fully saturated rings. The van der Waals surface area contributed by atoms with Gasteiger partial charge < -0.3 is 11.5 Å². The SMILES string of the molecule is Cl.Nc1ccc(-c2ccccc2-c2ccccc2)c(N)n1. The first kappa shape index (κ1) is 14.9. The first-order chi connectivity index (χ1) is 9.75. The van der Waals surface area contributed by atoms with E-state index in [1.165, 1.54) is 0 Å². The van der Waals surface area contributed by atoms with Crippen LogP contribution in [0, 0.1) is 0 Å². The van der Waals surface area contributed by atoms with E-state index < -0.39 is 0 Å². The summed E-state index contributed by atoms with van der Waals surface area (Å²) in [7, 11) is 0. The average Bonchev–Trinajstić information content (AvgIpc) is 2.48. The molecule has 3 aromatic rings. The van der Waals surface area contributed by atoms with E-state index in [2.05, 4.69) is 23.2 Å². The number of nitrogens with two attached hydrogens (primary N) is 2. The minimum absolute atomic E-state index is 0. The molecule has 0 radical (unpaired) electrons. The lowest BCUT2D eigenvalue weighted by Crippen LogP contribution is -1.98. The van der Waals surface area contributed by atoms with Crippen molar-refractivity contribution in [3.05, 3.63) is 66.7 Å². The highest BCUT2D eigenvalue weighted by atomic mass is 35.5. The molecule has 0 aliphatic rings. The Morgan fingerprint density at radius 2 is 1.24 bits per heavy atom. The number of hydrogen-bond acceptors (Lipinski definition) is 3. The van der Waals surface area contributed by atoms with Crippen molar-refractivity contribution in [2.75, 3.05) is 11.5 Å². The highest BCUT2D eigenvalue weighted by Crippen LogP contribution is 2.34. The molecular formula is C17H16ClN3. The molecule has 0 saturated carbocycles. The summed E-state index contributed by atoms with van der Waals surface area (Å²) in [5.74, 6) is 0.886. The maximum atomic E-state index is 6.01. The van der Waals surface area contributed by atoms with Crippen LogP contribution < -0.4 is 11.5 Å². The number of pyridine rings is 1. The quantitative estimate of drug-likeness (QED) is 0.751. The second-order valence-electron chi connectivity index (χ2n) is 4.58. The Bertz CT molecular complexity index is 742. The summed E-state index contributed by atoms with van der Waals surface area (Å²) in [5.41, 5.74) is 15.9. The molecule has 4 N–H and O–H groups in total. The second-order valence-corrected chi connectivity index (χ2v) is 4.58. The number of rotatable bonds is 2. The number of nitrogens with zero attached hydrogens (tertiary/aromatic N) is 1. The molecule has 0 bridgehead atoms. The summed E-state index contributed by atoms with van der Waals surface area (Å²) in [6, 6.07) is 22.1. The number of aromatic nitrogens is 1. The number of hydrogen-bond donors (Lipinski definition) is 2. The maximum absolute atomic E-state index is 6.01. The van der Waals surface area contributed by atoms with Crippen molar-refractivity contribution in [2.24, 2.45) is 0 Å². The highest BCUT2D eigenvalue weighted by molar-refractivity contribution is 5.87. The van der Waals surface area contributed by atoms with Crippen molar-refractivity contribution < 1.29 is 0 Å². The first-order valence-electron chi connectivity index (χ1n) is 6.42. The molecule has 2 aromatic carbocycles. The van der Waals surface area contributed by atoms with Gasteiger partial charge in [-0.15, -0.1) is 12.4 Å². The van der Waals surface area contributed by atoms with Gasteiger partial charge in [-0.1, -0.05) is 54.6 Å². The van der Waals surface area contributed by atoms with E-state index in [0.717, 1.165) is 22.3 Å². The van der Waals surface area contributed by atoms with Crippen LogP contribution in [-0.2, 0) is 0 Å². The van der Waals surface area contributed by atoms with E-state index in [1.54, 1.807) is 6.07 Å². The zero-order valence-corrected chi connectivity index (χ0v) is 12.2. The molecule has 3 nitrogen and oxygen atoms in total. The Morgan fingerprint density at radius 1 is 0.619 bits per heavy atom. The third-order valence-corrected chi connectivity index (χ3v) is 3.25. The largest absolute Gasteiger partial charge is 0.384 e. The molecule has 1 heterocycles. The lowest BCUT2D eigenvalue weighted by molar-refractivity contribution is 1.34. The molecule has 0 atom stereocenters. The van der Waals surface area contributed by atoms with E-state index in [1.807, 2.05) is 42.5 Å². The van der Waals surface area contributed by atoms with Gasteiger partial charge in [0.05, 0.1) is 0 Å². The van der Waals surface area contributed by atoms with Crippen molar-refractivity contribution in [1.82, 2.24) is 4.98 Å². The molecule has 3 rings (SSSR count). The molecule has 106 valence electrons. The zero-order chi connectivity index (χ0) is 13.9. The van der Waals surface area contributed by atoms with E-state index in [0.29, 0.717) is 11.6 Å². The molecule has 4 heteroatoms. The lowest BCUT2D eigenvalue weighted by Gasteiger charge is -2.11. The molecule has 0 amide bonds. The van der Waals surface area contributed by atoms with Gasteiger partial charge in [-0.2, -0.15) is 0 Å². The predicted octanol–water partition coefficient (Wildman–Crippen LogP) is 4.00. The third-order valence-electron chi connectivity index (χ3n) is 3.25. The predicted molar refractivity (Wildman–Crippen MR) is 91.2 cm³/mol. The summed E-state index contributed by atoms with van der Waals surface area (Å²) in [6.45, 7) is 0. The number of nitrogen functional groups attached to an aromatic ring is 2. The van der Waals surface area contributed by atoms with Gasteiger partial charge in [0.2, 0.25) is 0 Å². The molecule has 0 aliphatic carbocycles. The van der Waals surface area contributed by atoms with E-state index in [9.17, 15) is 0 Å². The Balaban J connectivity index is 0.00000161. The lowest BCUT2D eigenvalue weighted by atomic mass is 9.95. The Morgan fingerprint density at radius 3 is 1.90 bits per heavy atom. The number of anilines is 2. The van der Waals surface area contributed by atoms with Gasteiger partial charge in [0.1, 0.15) is 11.6 Å².